The molecule has 2 aromatic carbocycles. The highest BCUT2D eigenvalue weighted by molar-refractivity contribution is 8.17. The Hall–Kier alpha value is -0.943. The minimum atomic E-state index is -1.74. The van der Waals surface area contributed by atoms with Gasteiger partial charge >= 0.3 is 0 Å². The van der Waals surface area contributed by atoms with Gasteiger partial charge < -0.3 is 4.43 Å². The molecule has 1 atom stereocenters. The molecule has 2 aromatic rings. The Morgan fingerprint density at radius 2 is 1.38 bits per heavy atom. The fourth-order valence-electron chi connectivity index (χ4n) is 3.86. The number of rotatable bonds is 17. The Kier molecular flexibility index (Phi) is 13.5. The van der Waals surface area contributed by atoms with Crippen molar-refractivity contribution >= 4 is 31.8 Å². The van der Waals surface area contributed by atoms with E-state index in [0.717, 1.165) is 12.5 Å². The molecule has 0 N–H and O–H groups in total. The van der Waals surface area contributed by atoms with Crippen LogP contribution in [-0.2, 0) is 4.43 Å². The van der Waals surface area contributed by atoms with Gasteiger partial charge in [0.2, 0.25) is 0 Å². The smallest absolute Gasteiger partial charge is 0.190 e. The van der Waals surface area contributed by atoms with Crippen molar-refractivity contribution in [1.82, 2.24) is 0 Å². The van der Waals surface area contributed by atoms with E-state index in [1.54, 1.807) is 0 Å². The predicted octanol–water partition coefficient (Wildman–Crippen LogP) is 9.81. The summed E-state index contributed by atoms with van der Waals surface area (Å²) in [6.07, 6.45) is 12.6. The average molecular weight is 487 g/mol. The third kappa shape index (κ3) is 11.8. The zero-order valence-electron chi connectivity index (χ0n) is 20.3. The number of hydrogen-bond acceptors (Lipinski definition) is 3. The second kappa shape index (κ2) is 15.8. The van der Waals surface area contributed by atoms with Crippen LogP contribution in [0, 0.1) is 0 Å². The second-order valence-corrected chi connectivity index (χ2v) is 16.1. The monoisotopic (exact) mass is 486 g/mol. The van der Waals surface area contributed by atoms with Crippen LogP contribution in [0.15, 0.2) is 83.1 Å². The lowest BCUT2D eigenvalue weighted by Crippen LogP contribution is -2.36. The minimum Gasteiger partial charge on any atom is -0.414 e. The maximum absolute atomic E-state index is 6.85. The SMILES string of the molecule is C=CC[Si](C)(C)OC(CCCCCCCC)CC(Sc1ccccc1)Sc1ccccc1. The van der Waals surface area contributed by atoms with Crippen molar-refractivity contribution in [3.05, 3.63) is 73.3 Å². The number of thioether (sulfide) groups is 2. The first-order valence-corrected chi connectivity index (χ1v) is 17.1. The summed E-state index contributed by atoms with van der Waals surface area (Å²) in [5.41, 5.74) is 0. The molecular formula is C28H42OS2Si. The van der Waals surface area contributed by atoms with E-state index in [0.29, 0.717) is 10.7 Å². The van der Waals surface area contributed by atoms with Crippen molar-refractivity contribution in [3.8, 4) is 0 Å². The lowest BCUT2D eigenvalue weighted by Gasteiger charge is -2.31. The van der Waals surface area contributed by atoms with Crippen LogP contribution in [0.4, 0.5) is 0 Å². The molecule has 0 aliphatic heterocycles. The van der Waals surface area contributed by atoms with Crippen LogP contribution in [0.5, 0.6) is 0 Å². The summed E-state index contributed by atoms with van der Waals surface area (Å²) < 4.78 is 7.28. The lowest BCUT2D eigenvalue weighted by molar-refractivity contribution is 0.173. The maximum atomic E-state index is 6.85. The normalized spacial score (nSPS) is 12.8. The summed E-state index contributed by atoms with van der Waals surface area (Å²) in [7, 11) is -1.74. The highest BCUT2D eigenvalue weighted by Gasteiger charge is 2.28. The van der Waals surface area contributed by atoms with E-state index < -0.39 is 8.32 Å². The van der Waals surface area contributed by atoms with Crippen LogP contribution >= 0.6 is 23.5 Å². The molecular weight excluding hydrogens is 445 g/mol. The highest BCUT2D eigenvalue weighted by atomic mass is 32.2. The molecule has 176 valence electrons. The van der Waals surface area contributed by atoms with E-state index in [9.17, 15) is 0 Å². The van der Waals surface area contributed by atoms with Gasteiger partial charge in [-0.3, -0.25) is 0 Å². The van der Waals surface area contributed by atoms with Gasteiger partial charge in [0.15, 0.2) is 8.32 Å². The second-order valence-electron chi connectivity index (χ2n) is 9.08. The molecule has 0 aliphatic carbocycles. The molecule has 0 saturated carbocycles. The van der Waals surface area contributed by atoms with Gasteiger partial charge in [-0.25, -0.2) is 0 Å². The molecule has 0 spiro atoms. The van der Waals surface area contributed by atoms with Gasteiger partial charge in [0.1, 0.15) is 0 Å². The molecule has 0 heterocycles. The summed E-state index contributed by atoms with van der Waals surface area (Å²) >= 11 is 3.96. The predicted molar refractivity (Wildman–Crippen MR) is 148 cm³/mol. The molecule has 0 radical (unpaired) electrons. The first kappa shape index (κ1) is 27.3. The Morgan fingerprint density at radius 3 is 1.91 bits per heavy atom. The molecule has 1 unspecified atom stereocenters. The first-order chi connectivity index (χ1) is 15.5. The van der Waals surface area contributed by atoms with E-state index in [4.69, 9.17) is 4.43 Å². The Labute approximate surface area is 207 Å². The number of hydrogen-bond donors (Lipinski definition) is 0. The van der Waals surface area contributed by atoms with E-state index in [2.05, 4.69) is 87.3 Å². The number of allylic oxidation sites excluding steroid dienone is 1. The fraction of sp³-hybridized carbons (Fsp3) is 0.500. The molecule has 4 heteroatoms. The largest absolute Gasteiger partial charge is 0.414 e. The molecule has 1 nitrogen and oxygen atoms in total. The van der Waals surface area contributed by atoms with Gasteiger partial charge in [-0.2, -0.15) is 0 Å². The third-order valence-corrected chi connectivity index (χ3v) is 10.3. The van der Waals surface area contributed by atoms with Crippen LogP contribution in [0.25, 0.3) is 0 Å². The van der Waals surface area contributed by atoms with Crippen molar-refractivity contribution in [2.24, 2.45) is 0 Å². The van der Waals surface area contributed by atoms with Crippen molar-refractivity contribution in [2.75, 3.05) is 0 Å². The van der Waals surface area contributed by atoms with Gasteiger partial charge in [0, 0.05) is 15.9 Å². The van der Waals surface area contributed by atoms with Crippen LogP contribution < -0.4 is 0 Å². The minimum absolute atomic E-state index is 0.320. The van der Waals surface area contributed by atoms with Crippen molar-refractivity contribution in [3.63, 3.8) is 0 Å². The van der Waals surface area contributed by atoms with E-state index in [1.807, 2.05) is 29.6 Å². The molecule has 0 saturated heterocycles. The van der Waals surface area contributed by atoms with Crippen molar-refractivity contribution in [2.45, 2.75) is 97.9 Å². The molecule has 32 heavy (non-hydrogen) atoms. The quantitative estimate of drug-likeness (QED) is 0.0723. The van der Waals surface area contributed by atoms with E-state index >= 15 is 0 Å². The zero-order chi connectivity index (χ0) is 23.1. The molecule has 0 aliphatic rings. The number of unbranched alkanes of at least 4 members (excludes halogenated alkanes) is 5. The fourth-order valence-corrected chi connectivity index (χ4v) is 8.49. The van der Waals surface area contributed by atoms with E-state index in [-0.39, 0.29) is 0 Å². The topological polar surface area (TPSA) is 9.23 Å². The summed E-state index contributed by atoms with van der Waals surface area (Å²) in [4.78, 5) is 2.67. The Morgan fingerprint density at radius 1 is 0.844 bits per heavy atom. The molecule has 0 amide bonds. The van der Waals surface area contributed by atoms with Crippen LogP contribution in [0.2, 0.25) is 19.1 Å². The van der Waals surface area contributed by atoms with Crippen molar-refractivity contribution in [1.29, 1.82) is 0 Å². The number of benzene rings is 2. The average Bonchev–Trinajstić information content (AvgIpc) is 2.77. The van der Waals surface area contributed by atoms with Crippen LogP contribution in [0.1, 0.15) is 58.3 Å². The zero-order valence-corrected chi connectivity index (χ0v) is 22.9. The standard InChI is InChI=1S/C28H42OS2Si/c1-5-7-8-9-10-13-18-25(29-32(3,4)23-6-2)24-28(30-26-19-14-11-15-20-26)31-27-21-16-12-17-22-27/h6,11-12,14-17,19-22,25,28H,2,5,7-10,13,18,23-24H2,1,3-4H3. The Balaban J connectivity index is 2.07. The maximum Gasteiger partial charge on any atom is 0.190 e. The summed E-state index contributed by atoms with van der Waals surface area (Å²) in [6, 6.07) is 22.7. The Bertz CT molecular complexity index is 694. The summed E-state index contributed by atoms with van der Waals surface area (Å²) in [5, 5.41) is 0. The highest BCUT2D eigenvalue weighted by Crippen LogP contribution is 2.39. The third-order valence-electron chi connectivity index (χ3n) is 5.48. The van der Waals surface area contributed by atoms with Gasteiger partial charge in [-0.15, -0.1) is 30.1 Å². The van der Waals surface area contributed by atoms with Gasteiger partial charge in [-0.1, -0.05) is 87.9 Å². The molecule has 0 aromatic heterocycles. The van der Waals surface area contributed by atoms with Crippen molar-refractivity contribution < 1.29 is 4.43 Å². The molecule has 0 bridgehead atoms. The van der Waals surface area contributed by atoms with E-state index in [1.165, 1.54) is 54.7 Å². The molecule has 2 rings (SSSR count). The summed E-state index contributed by atoms with van der Waals surface area (Å²) in [5.74, 6) is 0. The van der Waals surface area contributed by atoms with Crippen LogP contribution in [-0.4, -0.2) is 19.0 Å². The van der Waals surface area contributed by atoms with Crippen LogP contribution in [0.3, 0.4) is 0 Å². The van der Waals surface area contributed by atoms with Gasteiger partial charge in [-0.05, 0) is 56.2 Å². The van der Waals surface area contributed by atoms with Gasteiger partial charge in [0.25, 0.3) is 0 Å². The summed E-state index contributed by atoms with van der Waals surface area (Å²) in [6.45, 7) is 10.9. The molecule has 0 fully saturated rings. The lowest BCUT2D eigenvalue weighted by atomic mass is 10.1. The van der Waals surface area contributed by atoms with Gasteiger partial charge in [0.05, 0.1) is 4.58 Å². The first-order valence-electron chi connectivity index (χ1n) is 12.2.